The Morgan fingerprint density at radius 3 is 2.85 bits per heavy atom. The van der Waals surface area contributed by atoms with Gasteiger partial charge in [0.2, 0.25) is 0 Å². The van der Waals surface area contributed by atoms with Crippen LogP contribution in [-0.4, -0.2) is 59.0 Å². The van der Waals surface area contributed by atoms with Gasteiger partial charge in [0.15, 0.2) is 5.96 Å². The first-order valence-corrected chi connectivity index (χ1v) is 9.54. The number of halogens is 2. The maximum Gasteiger partial charge on any atom is 0.191 e. The minimum atomic E-state index is 0. The number of guanidine groups is 1. The number of benzene rings is 1. The highest BCUT2D eigenvalue weighted by Gasteiger charge is 2.25. The molecule has 1 unspecified atom stereocenters. The van der Waals surface area contributed by atoms with E-state index >= 15 is 0 Å². The fraction of sp³-hybridized carbons (Fsp3) is 0.632. The summed E-state index contributed by atoms with van der Waals surface area (Å²) in [7, 11) is 3.47. The first-order valence-electron chi connectivity index (χ1n) is 9.17. The van der Waals surface area contributed by atoms with Crippen molar-refractivity contribution in [2.24, 2.45) is 10.9 Å². The Hall–Kier alpha value is -0.930. The number of ether oxygens (including phenoxy) is 2. The predicted octanol–water partition coefficient (Wildman–Crippen LogP) is 3.38. The van der Waals surface area contributed by atoms with E-state index in [1.54, 1.807) is 14.2 Å². The van der Waals surface area contributed by atoms with Gasteiger partial charge in [-0.25, -0.2) is 0 Å². The van der Waals surface area contributed by atoms with E-state index in [0.717, 1.165) is 55.1 Å². The van der Waals surface area contributed by atoms with Gasteiger partial charge in [0.25, 0.3) is 0 Å². The summed E-state index contributed by atoms with van der Waals surface area (Å²) in [5.74, 6) is 2.21. The highest BCUT2D eigenvalue weighted by atomic mass is 127. The van der Waals surface area contributed by atoms with Gasteiger partial charge in [-0.2, -0.15) is 0 Å². The summed E-state index contributed by atoms with van der Waals surface area (Å²) in [6, 6.07) is 6.04. The molecule has 0 radical (unpaired) electrons. The summed E-state index contributed by atoms with van der Waals surface area (Å²) in [5.41, 5.74) is 1.04. The molecule has 154 valence electrons. The van der Waals surface area contributed by atoms with Crippen molar-refractivity contribution in [3.05, 3.63) is 23.2 Å². The molecular weight excluding hydrogens is 479 g/mol. The van der Waals surface area contributed by atoms with Crippen LogP contribution < -0.4 is 20.3 Å². The quantitative estimate of drug-likeness (QED) is 0.243. The van der Waals surface area contributed by atoms with Crippen LogP contribution in [0.15, 0.2) is 23.2 Å². The topological polar surface area (TPSA) is 58.1 Å². The van der Waals surface area contributed by atoms with E-state index in [-0.39, 0.29) is 24.0 Å². The number of anilines is 1. The van der Waals surface area contributed by atoms with Crippen LogP contribution in [0.5, 0.6) is 5.75 Å². The molecule has 0 spiro atoms. The molecule has 1 saturated heterocycles. The normalized spacial score (nSPS) is 17.0. The minimum absolute atomic E-state index is 0. The third-order valence-electron chi connectivity index (χ3n) is 4.22. The molecule has 2 N–H and O–H groups in total. The molecule has 0 saturated carbocycles. The van der Waals surface area contributed by atoms with Gasteiger partial charge in [-0.15, -0.1) is 24.0 Å². The second-order valence-corrected chi connectivity index (χ2v) is 7.30. The first kappa shape index (κ1) is 24.1. The van der Waals surface area contributed by atoms with Gasteiger partial charge >= 0.3 is 0 Å². The Morgan fingerprint density at radius 1 is 1.41 bits per heavy atom. The van der Waals surface area contributed by atoms with E-state index in [1.165, 1.54) is 0 Å². The van der Waals surface area contributed by atoms with Crippen molar-refractivity contribution >= 4 is 47.2 Å². The number of hydrogen-bond donors (Lipinski definition) is 2. The molecule has 1 aromatic carbocycles. The van der Waals surface area contributed by atoms with Gasteiger partial charge in [0.05, 0.1) is 19.4 Å². The van der Waals surface area contributed by atoms with E-state index in [4.69, 9.17) is 21.1 Å². The van der Waals surface area contributed by atoms with E-state index in [9.17, 15) is 0 Å². The summed E-state index contributed by atoms with van der Waals surface area (Å²) in [5, 5.41) is 7.51. The number of hydrogen-bond acceptors (Lipinski definition) is 4. The predicted molar refractivity (Wildman–Crippen MR) is 124 cm³/mol. The second-order valence-electron chi connectivity index (χ2n) is 6.86. The van der Waals surface area contributed by atoms with Gasteiger partial charge in [-0.05, 0) is 30.5 Å². The third-order valence-corrected chi connectivity index (χ3v) is 4.46. The third kappa shape index (κ3) is 7.91. The molecule has 1 aliphatic rings. The van der Waals surface area contributed by atoms with E-state index in [0.29, 0.717) is 18.6 Å². The monoisotopic (exact) mass is 510 g/mol. The molecule has 0 bridgehead atoms. The molecular formula is C19H32ClIN4O2. The minimum Gasteiger partial charge on any atom is -0.495 e. The van der Waals surface area contributed by atoms with Crippen molar-refractivity contribution in [2.45, 2.75) is 26.3 Å². The van der Waals surface area contributed by atoms with Crippen molar-refractivity contribution in [3.63, 3.8) is 0 Å². The van der Waals surface area contributed by atoms with Crippen molar-refractivity contribution in [1.82, 2.24) is 10.6 Å². The molecule has 8 heteroatoms. The lowest BCUT2D eigenvalue weighted by molar-refractivity contribution is 0.114. The molecule has 1 heterocycles. The average Bonchev–Trinajstić information content (AvgIpc) is 3.08. The molecule has 1 aliphatic heterocycles. The lowest BCUT2D eigenvalue weighted by Gasteiger charge is -2.22. The Balaban J connectivity index is 0.00000364. The summed E-state index contributed by atoms with van der Waals surface area (Å²) in [6.45, 7) is 8.32. The van der Waals surface area contributed by atoms with E-state index in [2.05, 4.69) is 34.4 Å². The number of aliphatic imine (C=N–C) groups is 1. The van der Waals surface area contributed by atoms with Crippen molar-refractivity contribution in [1.29, 1.82) is 0 Å². The molecule has 1 fully saturated rings. The maximum atomic E-state index is 6.16. The van der Waals surface area contributed by atoms with Crippen molar-refractivity contribution in [2.75, 3.05) is 51.9 Å². The number of nitrogens with one attached hydrogen (secondary N) is 2. The molecule has 0 aromatic heterocycles. The smallest absolute Gasteiger partial charge is 0.191 e. The Labute approximate surface area is 185 Å². The summed E-state index contributed by atoms with van der Waals surface area (Å²) >= 11 is 6.16. The molecule has 1 atom stereocenters. The van der Waals surface area contributed by atoms with Gasteiger partial charge in [-0.1, -0.05) is 25.4 Å². The zero-order valence-electron chi connectivity index (χ0n) is 16.6. The van der Waals surface area contributed by atoms with Crippen LogP contribution in [0, 0.1) is 5.92 Å². The molecule has 27 heavy (non-hydrogen) atoms. The van der Waals surface area contributed by atoms with Crippen LogP contribution in [0.4, 0.5) is 5.69 Å². The zero-order valence-corrected chi connectivity index (χ0v) is 19.7. The fourth-order valence-electron chi connectivity index (χ4n) is 2.96. The molecule has 0 aliphatic carbocycles. The summed E-state index contributed by atoms with van der Waals surface area (Å²) in [4.78, 5) is 6.60. The SMILES string of the molecule is CN=C(NCCOCC(C)C)NC1CCN(c2cc(Cl)ccc2OC)C1.I. The summed E-state index contributed by atoms with van der Waals surface area (Å²) in [6.07, 6.45) is 1.03. The number of rotatable bonds is 8. The average molecular weight is 511 g/mol. The fourth-order valence-corrected chi connectivity index (χ4v) is 3.12. The Morgan fingerprint density at radius 2 is 2.19 bits per heavy atom. The number of methoxy groups -OCH3 is 1. The standard InChI is InChI=1S/C19H31ClN4O2.HI/c1-14(2)13-26-10-8-22-19(21-3)23-16-7-9-24(12-16)17-11-15(20)5-6-18(17)25-4;/h5-6,11,14,16H,7-10,12-13H2,1-4H3,(H2,21,22,23);1H. The maximum absolute atomic E-state index is 6.16. The van der Waals surface area contributed by atoms with Gasteiger partial charge in [0.1, 0.15) is 5.75 Å². The van der Waals surface area contributed by atoms with Gasteiger partial charge in [0, 0.05) is 44.4 Å². The highest BCUT2D eigenvalue weighted by molar-refractivity contribution is 14.0. The largest absolute Gasteiger partial charge is 0.495 e. The summed E-state index contributed by atoms with van der Waals surface area (Å²) < 4.78 is 11.1. The van der Waals surface area contributed by atoms with Crippen LogP contribution in [0.2, 0.25) is 5.02 Å². The van der Waals surface area contributed by atoms with Crippen molar-refractivity contribution < 1.29 is 9.47 Å². The van der Waals surface area contributed by atoms with Crippen LogP contribution in [-0.2, 0) is 4.74 Å². The molecule has 1 aromatic rings. The molecule has 6 nitrogen and oxygen atoms in total. The lowest BCUT2D eigenvalue weighted by Crippen LogP contribution is -2.45. The highest BCUT2D eigenvalue weighted by Crippen LogP contribution is 2.33. The second kappa shape index (κ2) is 12.5. The Kier molecular flexibility index (Phi) is 11.2. The van der Waals surface area contributed by atoms with Crippen LogP contribution in [0.1, 0.15) is 20.3 Å². The Bertz CT molecular complexity index is 601. The van der Waals surface area contributed by atoms with E-state index in [1.807, 2.05) is 18.2 Å². The van der Waals surface area contributed by atoms with Crippen LogP contribution in [0.25, 0.3) is 0 Å². The van der Waals surface area contributed by atoms with E-state index < -0.39 is 0 Å². The zero-order chi connectivity index (χ0) is 18.9. The van der Waals surface area contributed by atoms with Crippen LogP contribution in [0.3, 0.4) is 0 Å². The molecule has 0 amide bonds. The van der Waals surface area contributed by atoms with Crippen molar-refractivity contribution in [3.8, 4) is 5.75 Å². The lowest BCUT2D eigenvalue weighted by atomic mass is 10.2. The van der Waals surface area contributed by atoms with Gasteiger partial charge in [-0.3, -0.25) is 4.99 Å². The van der Waals surface area contributed by atoms with Gasteiger partial charge < -0.3 is 25.0 Å². The molecule has 2 rings (SSSR count). The van der Waals surface area contributed by atoms with Crippen LogP contribution >= 0.6 is 35.6 Å². The number of nitrogens with zero attached hydrogens (tertiary/aromatic N) is 2. The first-order chi connectivity index (χ1) is 12.5.